The number of rotatable bonds is 5. The summed E-state index contributed by atoms with van der Waals surface area (Å²) in [6, 6.07) is 0.555. The van der Waals surface area contributed by atoms with Gasteiger partial charge in [-0.05, 0) is 45.2 Å². The van der Waals surface area contributed by atoms with Crippen molar-refractivity contribution in [3.05, 3.63) is 0 Å². The Balaban J connectivity index is 1.63. The number of piperidine rings is 1. The molecule has 2 aliphatic rings. The Morgan fingerprint density at radius 3 is 2.68 bits per heavy atom. The van der Waals surface area contributed by atoms with Crippen LogP contribution in [0.15, 0.2) is 0 Å². The molecular formula is C15H29N3O. The topological polar surface area (TPSA) is 44.4 Å². The van der Waals surface area contributed by atoms with Crippen LogP contribution in [0.2, 0.25) is 0 Å². The minimum absolute atomic E-state index is 0.210. The molecule has 19 heavy (non-hydrogen) atoms. The number of likely N-dealkylation sites (tertiary alicyclic amines) is 1. The Morgan fingerprint density at radius 2 is 1.95 bits per heavy atom. The monoisotopic (exact) mass is 267 g/mol. The van der Waals surface area contributed by atoms with E-state index in [1.165, 1.54) is 44.9 Å². The van der Waals surface area contributed by atoms with E-state index in [1.54, 1.807) is 0 Å². The van der Waals surface area contributed by atoms with Gasteiger partial charge in [0.2, 0.25) is 5.91 Å². The molecule has 4 heteroatoms. The van der Waals surface area contributed by atoms with Gasteiger partial charge in [0, 0.05) is 19.1 Å². The summed E-state index contributed by atoms with van der Waals surface area (Å²) < 4.78 is 0. The van der Waals surface area contributed by atoms with Crippen molar-refractivity contribution < 1.29 is 4.79 Å². The molecule has 1 aliphatic heterocycles. The van der Waals surface area contributed by atoms with Crippen LogP contribution in [0.1, 0.15) is 44.9 Å². The summed E-state index contributed by atoms with van der Waals surface area (Å²) in [5, 5.41) is 6.45. The molecular weight excluding hydrogens is 238 g/mol. The van der Waals surface area contributed by atoms with Crippen LogP contribution in [-0.2, 0) is 4.79 Å². The van der Waals surface area contributed by atoms with Gasteiger partial charge in [-0.15, -0.1) is 0 Å². The minimum Gasteiger partial charge on any atom is -0.355 e. The van der Waals surface area contributed by atoms with Gasteiger partial charge in [-0.1, -0.05) is 19.3 Å². The Bertz CT molecular complexity index is 277. The van der Waals surface area contributed by atoms with Crippen molar-refractivity contribution in [1.82, 2.24) is 15.5 Å². The van der Waals surface area contributed by atoms with Gasteiger partial charge in [-0.2, -0.15) is 0 Å². The summed E-state index contributed by atoms with van der Waals surface area (Å²) >= 11 is 0. The van der Waals surface area contributed by atoms with Crippen molar-refractivity contribution in [2.75, 3.05) is 33.2 Å². The summed E-state index contributed by atoms with van der Waals surface area (Å²) in [5.41, 5.74) is 0. The van der Waals surface area contributed by atoms with E-state index in [1.807, 2.05) is 7.05 Å². The number of hydrogen-bond donors (Lipinski definition) is 2. The van der Waals surface area contributed by atoms with Gasteiger partial charge >= 0.3 is 0 Å². The third-order valence-corrected chi connectivity index (χ3v) is 4.59. The number of likely N-dealkylation sites (N-methyl/N-ethyl adjacent to an activating group) is 1. The molecule has 4 nitrogen and oxygen atoms in total. The summed E-state index contributed by atoms with van der Waals surface area (Å²) in [6.07, 6.45) is 9.09. The average Bonchev–Trinajstić information content (AvgIpc) is 2.46. The summed E-state index contributed by atoms with van der Waals surface area (Å²) in [5.74, 6) is 0.937. The van der Waals surface area contributed by atoms with Crippen LogP contribution in [0.4, 0.5) is 0 Å². The third-order valence-electron chi connectivity index (χ3n) is 4.59. The zero-order valence-corrected chi connectivity index (χ0v) is 12.3. The molecule has 1 unspecified atom stereocenters. The van der Waals surface area contributed by atoms with Crippen LogP contribution >= 0.6 is 0 Å². The number of nitrogens with zero attached hydrogens (tertiary/aromatic N) is 1. The smallest absolute Gasteiger partial charge is 0.234 e. The standard InChI is InChI=1S/C15H29N3O/c1-16-14-8-5-9-18(11-14)12-15(19)17-10-13-6-3-2-4-7-13/h13-14,16H,2-12H2,1H3,(H,17,19). The molecule has 0 aromatic carbocycles. The number of amides is 1. The molecule has 0 aromatic rings. The Hall–Kier alpha value is -0.610. The van der Waals surface area contributed by atoms with Crippen LogP contribution in [-0.4, -0.2) is 50.1 Å². The molecule has 0 radical (unpaired) electrons. The Labute approximate surface area is 117 Å². The normalized spacial score (nSPS) is 26.3. The summed E-state index contributed by atoms with van der Waals surface area (Å²) in [7, 11) is 2.01. The number of nitrogens with one attached hydrogen (secondary N) is 2. The zero-order chi connectivity index (χ0) is 13.5. The first-order valence-corrected chi connectivity index (χ1v) is 7.94. The maximum Gasteiger partial charge on any atom is 0.234 e. The van der Waals surface area contributed by atoms with E-state index in [0.717, 1.165) is 25.6 Å². The van der Waals surface area contributed by atoms with Crippen LogP contribution in [0.5, 0.6) is 0 Å². The molecule has 0 aromatic heterocycles. The second-order valence-electron chi connectivity index (χ2n) is 6.17. The van der Waals surface area contributed by atoms with Crippen molar-refractivity contribution in [2.45, 2.75) is 51.0 Å². The minimum atomic E-state index is 0.210. The van der Waals surface area contributed by atoms with Crippen molar-refractivity contribution >= 4 is 5.91 Å². The molecule has 0 bridgehead atoms. The van der Waals surface area contributed by atoms with E-state index < -0.39 is 0 Å². The SMILES string of the molecule is CNC1CCCN(CC(=O)NCC2CCCCC2)C1. The fourth-order valence-corrected chi connectivity index (χ4v) is 3.34. The number of hydrogen-bond acceptors (Lipinski definition) is 3. The van der Waals surface area contributed by atoms with Crippen molar-refractivity contribution in [1.29, 1.82) is 0 Å². The first kappa shape index (κ1) is 14.8. The van der Waals surface area contributed by atoms with Crippen LogP contribution < -0.4 is 10.6 Å². The summed E-state index contributed by atoms with van der Waals surface area (Å²) in [4.78, 5) is 14.3. The maximum atomic E-state index is 12.0. The molecule has 1 saturated heterocycles. The average molecular weight is 267 g/mol. The Kier molecular flexibility index (Phi) is 6.11. The van der Waals surface area contributed by atoms with Crippen LogP contribution in [0.25, 0.3) is 0 Å². The van der Waals surface area contributed by atoms with E-state index in [9.17, 15) is 4.79 Å². The highest BCUT2D eigenvalue weighted by molar-refractivity contribution is 5.78. The predicted octanol–water partition coefficient (Wildman–Crippen LogP) is 1.37. The number of carbonyl (C=O) groups excluding carboxylic acids is 1. The number of carbonyl (C=O) groups is 1. The van der Waals surface area contributed by atoms with Gasteiger partial charge in [-0.25, -0.2) is 0 Å². The van der Waals surface area contributed by atoms with Crippen LogP contribution in [0.3, 0.4) is 0 Å². The molecule has 2 rings (SSSR count). The molecule has 1 aliphatic carbocycles. The molecule has 1 amide bonds. The van der Waals surface area contributed by atoms with Crippen molar-refractivity contribution in [3.63, 3.8) is 0 Å². The van der Waals surface area contributed by atoms with Gasteiger partial charge < -0.3 is 10.6 Å². The predicted molar refractivity (Wildman–Crippen MR) is 78.1 cm³/mol. The lowest BCUT2D eigenvalue weighted by atomic mass is 9.89. The van der Waals surface area contributed by atoms with E-state index in [4.69, 9.17) is 0 Å². The quantitative estimate of drug-likeness (QED) is 0.791. The fraction of sp³-hybridized carbons (Fsp3) is 0.933. The lowest BCUT2D eigenvalue weighted by molar-refractivity contribution is -0.122. The Morgan fingerprint density at radius 1 is 1.16 bits per heavy atom. The third kappa shape index (κ3) is 5.11. The van der Waals surface area contributed by atoms with E-state index in [-0.39, 0.29) is 5.91 Å². The molecule has 0 spiro atoms. The van der Waals surface area contributed by atoms with Crippen LogP contribution in [0, 0.1) is 5.92 Å². The van der Waals surface area contributed by atoms with Crippen molar-refractivity contribution in [3.8, 4) is 0 Å². The molecule has 2 fully saturated rings. The second-order valence-corrected chi connectivity index (χ2v) is 6.17. The second kappa shape index (κ2) is 7.85. The highest BCUT2D eigenvalue weighted by Crippen LogP contribution is 2.22. The van der Waals surface area contributed by atoms with E-state index in [2.05, 4.69) is 15.5 Å². The maximum absolute atomic E-state index is 12.0. The molecule has 1 atom stereocenters. The lowest BCUT2D eigenvalue weighted by Crippen LogP contribution is -2.48. The van der Waals surface area contributed by atoms with Gasteiger partial charge in [0.05, 0.1) is 6.54 Å². The molecule has 1 heterocycles. The van der Waals surface area contributed by atoms with Gasteiger partial charge in [-0.3, -0.25) is 9.69 Å². The highest BCUT2D eigenvalue weighted by atomic mass is 16.2. The molecule has 110 valence electrons. The van der Waals surface area contributed by atoms with Gasteiger partial charge in [0.1, 0.15) is 0 Å². The fourth-order valence-electron chi connectivity index (χ4n) is 3.34. The summed E-state index contributed by atoms with van der Waals surface area (Å²) in [6.45, 7) is 3.54. The van der Waals surface area contributed by atoms with Crippen molar-refractivity contribution in [2.24, 2.45) is 5.92 Å². The highest BCUT2D eigenvalue weighted by Gasteiger charge is 2.20. The van der Waals surface area contributed by atoms with Gasteiger partial charge in [0.15, 0.2) is 0 Å². The first-order valence-electron chi connectivity index (χ1n) is 7.94. The first-order chi connectivity index (χ1) is 9.28. The lowest BCUT2D eigenvalue weighted by Gasteiger charge is -2.32. The zero-order valence-electron chi connectivity index (χ0n) is 12.3. The molecule has 1 saturated carbocycles. The van der Waals surface area contributed by atoms with E-state index >= 15 is 0 Å². The van der Waals surface area contributed by atoms with Gasteiger partial charge in [0.25, 0.3) is 0 Å². The molecule has 2 N–H and O–H groups in total. The van der Waals surface area contributed by atoms with E-state index in [0.29, 0.717) is 12.6 Å². The largest absolute Gasteiger partial charge is 0.355 e.